The lowest BCUT2D eigenvalue weighted by Gasteiger charge is -2.21. The molecular weight excluding hydrogens is 412 g/mol. The van der Waals surface area contributed by atoms with Crippen molar-refractivity contribution in [1.29, 1.82) is 0 Å². The number of rotatable bonds is 8. The molecule has 0 aliphatic carbocycles. The molecule has 0 atom stereocenters. The Morgan fingerprint density at radius 1 is 1.12 bits per heavy atom. The van der Waals surface area contributed by atoms with Gasteiger partial charge in [0.25, 0.3) is 11.6 Å². The summed E-state index contributed by atoms with van der Waals surface area (Å²) in [6.07, 6.45) is 1.88. The summed E-state index contributed by atoms with van der Waals surface area (Å²) in [5.41, 5.74) is 2.07. The van der Waals surface area contributed by atoms with E-state index in [2.05, 4.69) is 10.1 Å². The Balaban J connectivity index is 1.49. The maximum Gasteiger partial charge on any atom is 0.270 e. The zero-order valence-corrected chi connectivity index (χ0v) is 17.3. The number of furan rings is 1. The van der Waals surface area contributed by atoms with Gasteiger partial charge in [-0.15, -0.1) is 0 Å². The fourth-order valence-corrected chi connectivity index (χ4v) is 3.18. The normalized spacial score (nSPS) is 10.8. The SMILES string of the molecule is Cc1ccc(C(=O)N(CCc2nc(-c3cccc([N+](=O)[O-])c3)no2)Cc2ccco2)cc1. The summed E-state index contributed by atoms with van der Waals surface area (Å²) in [7, 11) is 0. The van der Waals surface area contributed by atoms with Crippen molar-refractivity contribution in [2.24, 2.45) is 0 Å². The summed E-state index contributed by atoms with van der Waals surface area (Å²) in [5.74, 6) is 1.10. The number of nitro benzene ring substituents is 1. The molecule has 2 aromatic carbocycles. The van der Waals surface area contributed by atoms with Gasteiger partial charge in [-0.3, -0.25) is 14.9 Å². The number of aryl methyl sites for hydroxylation is 1. The Labute approximate surface area is 183 Å². The second-order valence-corrected chi connectivity index (χ2v) is 7.24. The molecular formula is C23H20N4O5. The Morgan fingerprint density at radius 3 is 2.66 bits per heavy atom. The van der Waals surface area contributed by atoms with Crippen LogP contribution in [0.3, 0.4) is 0 Å². The molecule has 0 radical (unpaired) electrons. The molecule has 1 amide bonds. The number of carbonyl (C=O) groups excluding carboxylic acids is 1. The van der Waals surface area contributed by atoms with Crippen LogP contribution in [0.25, 0.3) is 11.4 Å². The van der Waals surface area contributed by atoms with Gasteiger partial charge in [-0.2, -0.15) is 4.98 Å². The molecule has 0 fully saturated rings. The monoisotopic (exact) mass is 432 g/mol. The van der Waals surface area contributed by atoms with E-state index < -0.39 is 4.92 Å². The third kappa shape index (κ3) is 4.89. The van der Waals surface area contributed by atoms with Crippen LogP contribution in [0.15, 0.2) is 75.9 Å². The molecule has 9 heteroatoms. The summed E-state index contributed by atoms with van der Waals surface area (Å²) < 4.78 is 10.7. The molecule has 2 aromatic heterocycles. The van der Waals surface area contributed by atoms with E-state index in [1.807, 2.05) is 25.1 Å². The van der Waals surface area contributed by atoms with E-state index in [1.165, 1.54) is 12.1 Å². The average Bonchev–Trinajstić information content (AvgIpc) is 3.49. The molecule has 2 heterocycles. The highest BCUT2D eigenvalue weighted by molar-refractivity contribution is 5.94. The van der Waals surface area contributed by atoms with Crippen molar-refractivity contribution in [1.82, 2.24) is 15.0 Å². The Morgan fingerprint density at radius 2 is 1.94 bits per heavy atom. The van der Waals surface area contributed by atoms with Gasteiger partial charge in [0.15, 0.2) is 0 Å². The van der Waals surface area contributed by atoms with Gasteiger partial charge in [-0.1, -0.05) is 35.0 Å². The van der Waals surface area contributed by atoms with E-state index in [0.29, 0.717) is 42.3 Å². The molecule has 9 nitrogen and oxygen atoms in total. The van der Waals surface area contributed by atoms with Gasteiger partial charge in [0.2, 0.25) is 11.7 Å². The van der Waals surface area contributed by atoms with Crippen LogP contribution >= 0.6 is 0 Å². The molecule has 0 saturated carbocycles. The van der Waals surface area contributed by atoms with Gasteiger partial charge < -0.3 is 13.8 Å². The fraction of sp³-hybridized carbons (Fsp3) is 0.174. The number of nitro groups is 1. The van der Waals surface area contributed by atoms with E-state index >= 15 is 0 Å². The van der Waals surface area contributed by atoms with Crippen LogP contribution in [-0.4, -0.2) is 32.4 Å². The lowest BCUT2D eigenvalue weighted by Crippen LogP contribution is -2.32. The summed E-state index contributed by atoms with van der Waals surface area (Å²) in [5, 5.41) is 14.9. The molecule has 4 rings (SSSR count). The van der Waals surface area contributed by atoms with E-state index in [1.54, 1.807) is 41.5 Å². The molecule has 0 aliphatic heterocycles. The molecule has 0 unspecified atom stereocenters. The molecule has 32 heavy (non-hydrogen) atoms. The number of aromatic nitrogens is 2. The predicted molar refractivity (Wildman–Crippen MR) is 115 cm³/mol. The van der Waals surface area contributed by atoms with Crippen molar-refractivity contribution in [2.45, 2.75) is 19.9 Å². The Kier molecular flexibility index (Phi) is 6.07. The Bertz CT molecular complexity index is 1220. The van der Waals surface area contributed by atoms with Crippen molar-refractivity contribution in [3.63, 3.8) is 0 Å². The van der Waals surface area contributed by atoms with Crippen LogP contribution in [-0.2, 0) is 13.0 Å². The summed E-state index contributed by atoms with van der Waals surface area (Å²) in [6, 6.07) is 17.0. The van der Waals surface area contributed by atoms with E-state index in [4.69, 9.17) is 8.94 Å². The van der Waals surface area contributed by atoms with Crippen molar-refractivity contribution < 1.29 is 18.7 Å². The van der Waals surface area contributed by atoms with Gasteiger partial charge in [-0.25, -0.2) is 0 Å². The molecule has 0 bridgehead atoms. The number of nitrogens with zero attached hydrogens (tertiary/aromatic N) is 4. The Hall–Kier alpha value is -4.27. The minimum absolute atomic E-state index is 0.0535. The summed E-state index contributed by atoms with van der Waals surface area (Å²) >= 11 is 0. The molecule has 0 N–H and O–H groups in total. The zero-order chi connectivity index (χ0) is 22.5. The highest BCUT2D eigenvalue weighted by Crippen LogP contribution is 2.21. The predicted octanol–water partition coefficient (Wildman–Crippen LogP) is 4.43. The third-order valence-electron chi connectivity index (χ3n) is 4.89. The number of amides is 1. The van der Waals surface area contributed by atoms with E-state index in [0.717, 1.165) is 5.56 Å². The first kappa shape index (κ1) is 21.0. The second-order valence-electron chi connectivity index (χ2n) is 7.24. The van der Waals surface area contributed by atoms with Crippen LogP contribution in [0.5, 0.6) is 0 Å². The van der Waals surface area contributed by atoms with Crippen LogP contribution in [0.4, 0.5) is 5.69 Å². The third-order valence-corrected chi connectivity index (χ3v) is 4.89. The van der Waals surface area contributed by atoms with Crippen molar-refractivity contribution in [3.05, 3.63) is 99.8 Å². The average molecular weight is 432 g/mol. The first-order valence-corrected chi connectivity index (χ1v) is 9.95. The highest BCUT2D eigenvalue weighted by Gasteiger charge is 2.19. The van der Waals surface area contributed by atoms with Gasteiger partial charge in [-0.05, 0) is 31.2 Å². The van der Waals surface area contributed by atoms with Crippen molar-refractivity contribution in [3.8, 4) is 11.4 Å². The summed E-state index contributed by atoms with van der Waals surface area (Å²) in [6.45, 7) is 2.58. The number of benzene rings is 2. The first-order valence-electron chi connectivity index (χ1n) is 9.95. The van der Waals surface area contributed by atoms with Crippen LogP contribution < -0.4 is 0 Å². The largest absolute Gasteiger partial charge is 0.467 e. The van der Waals surface area contributed by atoms with Crippen molar-refractivity contribution in [2.75, 3.05) is 6.54 Å². The number of hydrogen-bond acceptors (Lipinski definition) is 7. The van der Waals surface area contributed by atoms with Crippen LogP contribution in [0.2, 0.25) is 0 Å². The minimum atomic E-state index is -0.478. The molecule has 0 spiro atoms. The summed E-state index contributed by atoms with van der Waals surface area (Å²) in [4.78, 5) is 29.6. The van der Waals surface area contributed by atoms with Gasteiger partial charge >= 0.3 is 0 Å². The quantitative estimate of drug-likeness (QED) is 0.299. The molecule has 0 aliphatic rings. The van der Waals surface area contributed by atoms with Gasteiger partial charge in [0.1, 0.15) is 5.76 Å². The number of non-ortho nitro benzene ring substituents is 1. The van der Waals surface area contributed by atoms with Crippen LogP contribution in [0.1, 0.15) is 27.6 Å². The zero-order valence-electron chi connectivity index (χ0n) is 17.3. The van der Waals surface area contributed by atoms with Gasteiger partial charge in [0, 0.05) is 36.2 Å². The fourth-order valence-electron chi connectivity index (χ4n) is 3.18. The minimum Gasteiger partial charge on any atom is -0.467 e. The molecule has 162 valence electrons. The number of carbonyl (C=O) groups is 1. The van der Waals surface area contributed by atoms with Crippen molar-refractivity contribution >= 4 is 11.6 Å². The molecule has 0 saturated heterocycles. The van der Waals surface area contributed by atoms with Crippen LogP contribution in [0, 0.1) is 17.0 Å². The lowest BCUT2D eigenvalue weighted by atomic mass is 10.1. The van der Waals surface area contributed by atoms with E-state index in [-0.39, 0.29) is 17.4 Å². The second kappa shape index (κ2) is 9.25. The first-order chi connectivity index (χ1) is 15.5. The standard InChI is InChI=1S/C23H20N4O5/c1-16-7-9-17(10-8-16)23(28)26(15-20-6-3-13-31-20)12-11-21-24-22(25-32-21)18-4-2-5-19(14-18)27(29)30/h2-10,13-14H,11-12,15H2,1H3. The smallest absolute Gasteiger partial charge is 0.270 e. The van der Waals surface area contributed by atoms with E-state index in [9.17, 15) is 14.9 Å². The van der Waals surface area contributed by atoms with Gasteiger partial charge in [0.05, 0.1) is 17.7 Å². The molecule has 4 aromatic rings. The lowest BCUT2D eigenvalue weighted by molar-refractivity contribution is -0.384. The topological polar surface area (TPSA) is 116 Å². The number of hydrogen-bond donors (Lipinski definition) is 0. The maximum atomic E-state index is 13.1. The maximum absolute atomic E-state index is 13.1. The highest BCUT2D eigenvalue weighted by atomic mass is 16.6.